The second kappa shape index (κ2) is 7.50. The van der Waals surface area contributed by atoms with E-state index in [1.165, 1.54) is 11.3 Å². The maximum atomic E-state index is 13.1. The Morgan fingerprint density at radius 3 is 2.46 bits per heavy atom. The normalized spacial score (nSPS) is 16.4. The van der Waals surface area contributed by atoms with Gasteiger partial charge in [0.2, 0.25) is 0 Å². The van der Waals surface area contributed by atoms with Crippen molar-refractivity contribution in [3.05, 3.63) is 45.6 Å². The summed E-state index contributed by atoms with van der Waals surface area (Å²) in [6.45, 7) is 8.64. The first-order valence-electron chi connectivity index (χ1n) is 8.90. The molecule has 1 aliphatic heterocycles. The molecule has 2 aromatic rings. The highest BCUT2D eigenvalue weighted by atomic mass is 32.1. The molecule has 0 radical (unpaired) electrons. The van der Waals surface area contributed by atoms with E-state index in [1.807, 2.05) is 50.4 Å². The van der Waals surface area contributed by atoms with Gasteiger partial charge in [0.1, 0.15) is 0 Å². The van der Waals surface area contributed by atoms with Gasteiger partial charge in [0.05, 0.1) is 28.9 Å². The molecule has 1 unspecified atom stereocenters. The van der Waals surface area contributed by atoms with Crippen molar-refractivity contribution in [2.45, 2.75) is 40.2 Å². The van der Waals surface area contributed by atoms with Gasteiger partial charge in [0.15, 0.2) is 0 Å². The second-order valence-electron chi connectivity index (χ2n) is 6.45. The summed E-state index contributed by atoms with van der Waals surface area (Å²) in [6, 6.07) is 7.58. The zero-order valence-electron chi connectivity index (χ0n) is 15.6. The number of thiophene rings is 1. The third kappa shape index (κ3) is 3.21. The molecule has 0 bridgehead atoms. The number of fused-ring (bicyclic) bond motifs is 1. The predicted octanol–water partition coefficient (Wildman–Crippen LogP) is 4.77. The first-order chi connectivity index (χ1) is 12.5. The highest BCUT2D eigenvalue weighted by Crippen LogP contribution is 2.39. The van der Waals surface area contributed by atoms with Crippen molar-refractivity contribution in [1.29, 1.82) is 0 Å². The lowest BCUT2D eigenvalue weighted by molar-refractivity contribution is 0.0985. The van der Waals surface area contributed by atoms with E-state index in [0.29, 0.717) is 18.0 Å². The molecule has 0 N–H and O–H groups in total. The van der Waals surface area contributed by atoms with Gasteiger partial charge in [0, 0.05) is 6.54 Å². The van der Waals surface area contributed by atoms with Crippen molar-refractivity contribution in [1.82, 2.24) is 0 Å². The van der Waals surface area contributed by atoms with Crippen LogP contribution in [0.2, 0.25) is 0 Å². The van der Waals surface area contributed by atoms with Crippen molar-refractivity contribution in [3.8, 4) is 0 Å². The summed E-state index contributed by atoms with van der Waals surface area (Å²) in [5, 5.41) is 1.90. The van der Waals surface area contributed by atoms with Gasteiger partial charge < -0.3 is 9.64 Å². The van der Waals surface area contributed by atoms with Gasteiger partial charge in [-0.05, 0) is 61.9 Å². The summed E-state index contributed by atoms with van der Waals surface area (Å²) < 4.78 is 5.29. The number of hydrogen-bond donors (Lipinski definition) is 0. The summed E-state index contributed by atoms with van der Waals surface area (Å²) in [4.78, 5) is 29.9. The number of hydrogen-bond acceptors (Lipinski definition) is 4. The van der Waals surface area contributed by atoms with Gasteiger partial charge in [-0.15, -0.1) is 11.3 Å². The van der Waals surface area contributed by atoms with Crippen LogP contribution in [-0.2, 0) is 4.74 Å². The van der Waals surface area contributed by atoms with Crippen LogP contribution in [-0.4, -0.2) is 31.2 Å². The highest BCUT2D eigenvalue weighted by molar-refractivity contribution is 7.12. The van der Waals surface area contributed by atoms with Gasteiger partial charge in [0.25, 0.3) is 5.91 Å². The minimum Gasteiger partial charge on any atom is -0.449 e. The van der Waals surface area contributed by atoms with Gasteiger partial charge in [-0.2, -0.15) is 0 Å². The lowest BCUT2D eigenvalue weighted by Crippen LogP contribution is -2.53. The fourth-order valence-corrected chi connectivity index (χ4v) is 3.93. The molecule has 6 heteroatoms. The summed E-state index contributed by atoms with van der Waals surface area (Å²) >= 11 is 1.43. The molecule has 1 aromatic heterocycles. The van der Waals surface area contributed by atoms with Crippen LogP contribution in [0.25, 0.3) is 0 Å². The number of benzene rings is 1. The molecule has 0 saturated heterocycles. The Morgan fingerprint density at radius 2 is 1.88 bits per heavy atom. The largest absolute Gasteiger partial charge is 0.449 e. The van der Waals surface area contributed by atoms with E-state index in [1.54, 1.807) is 16.7 Å². The number of nitrogens with zero attached hydrogens (tertiary/aromatic N) is 2. The van der Waals surface area contributed by atoms with E-state index < -0.39 is 0 Å². The highest BCUT2D eigenvalue weighted by Gasteiger charge is 2.37. The van der Waals surface area contributed by atoms with E-state index in [-0.39, 0.29) is 18.0 Å². The van der Waals surface area contributed by atoms with Crippen molar-refractivity contribution in [2.75, 3.05) is 23.0 Å². The number of ether oxygens (including phenoxy) is 1. The quantitative estimate of drug-likeness (QED) is 0.780. The standard InChI is InChI=1S/C20H24N2O3S/c1-5-15-12-21(19(23)18-8-7-9-26-18)16-10-13(3)14(4)11-17(16)22(15)20(24)25-6-2/h7-11,15H,5-6,12H2,1-4H3. The Morgan fingerprint density at radius 1 is 1.19 bits per heavy atom. The van der Waals surface area contributed by atoms with E-state index in [0.717, 1.165) is 28.9 Å². The van der Waals surface area contributed by atoms with Crippen molar-refractivity contribution in [2.24, 2.45) is 0 Å². The van der Waals surface area contributed by atoms with E-state index in [4.69, 9.17) is 4.74 Å². The monoisotopic (exact) mass is 372 g/mol. The van der Waals surface area contributed by atoms with E-state index in [2.05, 4.69) is 0 Å². The SMILES string of the molecule is CCOC(=O)N1c2cc(C)c(C)cc2N(C(=O)c2cccs2)CC1CC. The smallest absolute Gasteiger partial charge is 0.414 e. The lowest BCUT2D eigenvalue weighted by atomic mass is 10.0. The average Bonchev–Trinajstić information content (AvgIpc) is 3.15. The Hall–Kier alpha value is -2.34. The van der Waals surface area contributed by atoms with Crippen LogP contribution in [0.15, 0.2) is 29.6 Å². The maximum absolute atomic E-state index is 13.1. The number of anilines is 2. The van der Waals surface area contributed by atoms with Crippen LogP contribution in [0.3, 0.4) is 0 Å². The molecule has 0 aliphatic carbocycles. The predicted molar refractivity (Wildman–Crippen MR) is 105 cm³/mol. The number of amides is 2. The molecule has 1 aromatic carbocycles. The molecule has 0 fully saturated rings. The number of carbonyl (C=O) groups is 2. The third-order valence-electron chi connectivity index (χ3n) is 4.81. The molecule has 1 aliphatic rings. The van der Waals surface area contributed by atoms with Crippen LogP contribution in [0.5, 0.6) is 0 Å². The molecule has 5 nitrogen and oxygen atoms in total. The van der Waals surface area contributed by atoms with Crippen LogP contribution in [0, 0.1) is 13.8 Å². The van der Waals surface area contributed by atoms with E-state index >= 15 is 0 Å². The Bertz CT molecular complexity index is 817. The molecule has 2 amide bonds. The molecule has 0 saturated carbocycles. The molecule has 3 rings (SSSR count). The van der Waals surface area contributed by atoms with Gasteiger partial charge in [-0.1, -0.05) is 13.0 Å². The fraction of sp³-hybridized carbons (Fsp3) is 0.400. The summed E-state index contributed by atoms with van der Waals surface area (Å²) in [5.74, 6) is -0.0218. The number of rotatable bonds is 3. The fourth-order valence-electron chi connectivity index (χ4n) is 3.26. The maximum Gasteiger partial charge on any atom is 0.414 e. The summed E-state index contributed by atoms with van der Waals surface area (Å²) in [5.41, 5.74) is 3.68. The molecule has 138 valence electrons. The zero-order valence-corrected chi connectivity index (χ0v) is 16.4. The van der Waals surface area contributed by atoms with Crippen LogP contribution in [0.1, 0.15) is 41.1 Å². The van der Waals surface area contributed by atoms with Gasteiger partial charge in [-0.25, -0.2) is 4.79 Å². The molecule has 2 heterocycles. The Labute approximate surface area is 158 Å². The Balaban J connectivity index is 2.12. The molecule has 0 spiro atoms. The Kier molecular flexibility index (Phi) is 5.32. The average molecular weight is 372 g/mol. The summed E-state index contributed by atoms with van der Waals surface area (Å²) in [7, 11) is 0. The summed E-state index contributed by atoms with van der Waals surface area (Å²) in [6.07, 6.45) is 0.381. The van der Waals surface area contributed by atoms with Crippen LogP contribution >= 0.6 is 11.3 Å². The van der Waals surface area contributed by atoms with Crippen molar-refractivity contribution in [3.63, 3.8) is 0 Å². The first kappa shape index (κ1) is 18.5. The third-order valence-corrected chi connectivity index (χ3v) is 5.67. The lowest BCUT2D eigenvalue weighted by Gasteiger charge is -2.41. The van der Waals surface area contributed by atoms with Gasteiger partial charge in [-0.3, -0.25) is 9.69 Å². The molecular weight excluding hydrogens is 348 g/mol. The van der Waals surface area contributed by atoms with Crippen molar-refractivity contribution < 1.29 is 14.3 Å². The second-order valence-corrected chi connectivity index (χ2v) is 7.40. The van der Waals surface area contributed by atoms with E-state index in [9.17, 15) is 9.59 Å². The number of carbonyl (C=O) groups excluding carboxylic acids is 2. The van der Waals surface area contributed by atoms with Crippen LogP contribution < -0.4 is 9.80 Å². The molecule has 26 heavy (non-hydrogen) atoms. The minimum absolute atomic E-state index is 0.0218. The molecule has 1 atom stereocenters. The molecular formula is C20H24N2O3S. The number of aryl methyl sites for hydroxylation is 2. The van der Waals surface area contributed by atoms with Gasteiger partial charge >= 0.3 is 6.09 Å². The topological polar surface area (TPSA) is 49.9 Å². The van der Waals surface area contributed by atoms with Crippen LogP contribution in [0.4, 0.5) is 16.2 Å². The van der Waals surface area contributed by atoms with Crippen molar-refractivity contribution >= 4 is 34.7 Å². The zero-order chi connectivity index (χ0) is 18.8. The first-order valence-corrected chi connectivity index (χ1v) is 9.78. The minimum atomic E-state index is -0.355.